The smallest absolute Gasteiger partial charge is 0.252 e. The van der Waals surface area contributed by atoms with Crippen molar-refractivity contribution in [2.75, 3.05) is 25.7 Å². The van der Waals surface area contributed by atoms with Gasteiger partial charge in [-0.25, -0.2) is 0 Å². The maximum atomic E-state index is 13.4. The highest BCUT2D eigenvalue weighted by Gasteiger charge is 2.52. The summed E-state index contributed by atoms with van der Waals surface area (Å²) in [6.07, 6.45) is 6.16. The van der Waals surface area contributed by atoms with Crippen LogP contribution in [0, 0.1) is 0 Å². The molecule has 5 heteroatoms. The molecule has 1 spiro atoms. The Hall–Kier alpha value is -2.66. The van der Waals surface area contributed by atoms with Gasteiger partial charge in [0.25, 0.3) is 5.91 Å². The molecule has 4 rings (SSSR count). The van der Waals surface area contributed by atoms with E-state index in [2.05, 4.69) is 18.2 Å². The number of benzene rings is 2. The van der Waals surface area contributed by atoms with Crippen LogP contribution in [0.4, 0.5) is 5.69 Å². The lowest BCUT2D eigenvalue weighted by molar-refractivity contribution is -0.119. The van der Waals surface area contributed by atoms with Gasteiger partial charge in [0.1, 0.15) is 4.75 Å². The summed E-state index contributed by atoms with van der Waals surface area (Å²) in [4.78, 5) is 16.2. The molecule has 1 atom stereocenters. The lowest BCUT2D eigenvalue weighted by Gasteiger charge is -2.21. The molecule has 0 aromatic heterocycles. The second-order valence-corrected chi connectivity index (χ2v) is 7.72. The van der Waals surface area contributed by atoms with E-state index in [0.717, 1.165) is 21.7 Å². The van der Waals surface area contributed by atoms with E-state index in [4.69, 9.17) is 9.47 Å². The average Bonchev–Trinajstić information content (AvgIpc) is 3.22. The van der Waals surface area contributed by atoms with Crippen molar-refractivity contribution < 1.29 is 14.3 Å². The van der Waals surface area contributed by atoms with E-state index >= 15 is 0 Å². The maximum absolute atomic E-state index is 13.4. The van der Waals surface area contributed by atoms with Crippen LogP contribution >= 0.6 is 11.8 Å². The molecule has 2 aliphatic heterocycles. The van der Waals surface area contributed by atoms with Gasteiger partial charge >= 0.3 is 0 Å². The normalized spacial score (nSPS) is 22.0. The van der Waals surface area contributed by atoms with Crippen molar-refractivity contribution in [3.8, 4) is 11.5 Å². The number of likely N-dealkylation sites (N-methyl/N-ethyl adjacent to an activating group) is 1. The van der Waals surface area contributed by atoms with Crippen LogP contribution in [0.1, 0.15) is 18.1 Å². The summed E-state index contributed by atoms with van der Waals surface area (Å²) in [6.45, 7) is 2.59. The second-order valence-electron chi connectivity index (χ2n) is 6.40. The molecular formula is C22H21NO3S. The van der Waals surface area contributed by atoms with Crippen LogP contribution in [0.25, 0.3) is 6.08 Å². The molecule has 0 aliphatic carbocycles. The third-order valence-electron chi connectivity index (χ3n) is 4.94. The Kier molecular flexibility index (Phi) is 4.48. The van der Waals surface area contributed by atoms with Crippen LogP contribution in [0.3, 0.4) is 0 Å². The summed E-state index contributed by atoms with van der Waals surface area (Å²) in [6, 6.07) is 14.0. The maximum Gasteiger partial charge on any atom is 0.252 e. The fourth-order valence-corrected chi connectivity index (χ4v) is 4.94. The highest BCUT2D eigenvalue weighted by atomic mass is 32.2. The molecule has 0 bridgehead atoms. The SMILES string of the molecule is CCN1C(=O)C2(C=C/C(=C/c3ccccc3)S2)c2cc(OC)c(OC)cc21. The monoisotopic (exact) mass is 379 g/mol. The van der Waals surface area contributed by atoms with Gasteiger partial charge < -0.3 is 14.4 Å². The molecule has 138 valence electrons. The molecule has 2 heterocycles. The standard InChI is InChI=1S/C22H21NO3S/c1-4-23-18-14-20(26-3)19(25-2)13-17(18)22(21(23)24)11-10-16(27-22)12-15-8-6-5-7-9-15/h5-14H,4H2,1-3H3/b16-12-. The van der Waals surface area contributed by atoms with E-state index in [1.54, 1.807) is 26.0 Å². The second kappa shape index (κ2) is 6.82. The number of ether oxygens (including phenoxy) is 2. The summed E-state index contributed by atoms with van der Waals surface area (Å²) in [7, 11) is 3.22. The fraction of sp³-hybridized carbons (Fsp3) is 0.227. The first kappa shape index (κ1) is 17.7. The number of carbonyl (C=O) groups excluding carboxylic acids is 1. The Morgan fingerprint density at radius 1 is 1.11 bits per heavy atom. The zero-order valence-corrected chi connectivity index (χ0v) is 16.4. The lowest BCUT2D eigenvalue weighted by atomic mass is 9.98. The Morgan fingerprint density at radius 2 is 1.81 bits per heavy atom. The molecule has 0 N–H and O–H groups in total. The van der Waals surface area contributed by atoms with Gasteiger partial charge in [0.2, 0.25) is 0 Å². The first-order valence-electron chi connectivity index (χ1n) is 8.86. The molecule has 2 aromatic carbocycles. The van der Waals surface area contributed by atoms with Crippen molar-refractivity contribution in [1.82, 2.24) is 0 Å². The number of hydrogen-bond acceptors (Lipinski definition) is 4. The highest BCUT2D eigenvalue weighted by Crippen LogP contribution is 2.58. The van der Waals surface area contributed by atoms with Gasteiger partial charge in [0.15, 0.2) is 11.5 Å². The van der Waals surface area contributed by atoms with E-state index in [0.29, 0.717) is 18.0 Å². The average molecular weight is 379 g/mol. The topological polar surface area (TPSA) is 38.8 Å². The zero-order chi connectivity index (χ0) is 19.0. The Morgan fingerprint density at radius 3 is 2.48 bits per heavy atom. The van der Waals surface area contributed by atoms with Gasteiger partial charge in [0, 0.05) is 23.1 Å². The number of amides is 1. The first-order chi connectivity index (χ1) is 13.1. The summed E-state index contributed by atoms with van der Waals surface area (Å²) in [5.41, 5.74) is 2.95. The third-order valence-corrected chi connectivity index (χ3v) is 6.28. The van der Waals surface area contributed by atoms with Crippen molar-refractivity contribution in [3.63, 3.8) is 0 Å². The van der Waals surface area contributed by atoms with Crippen LogP contribution in [0.15, 0.2) is 59.5 Å². The van der Waals surface area contributed by atoms with Crippen molar-refractivity contribution >= 4 is 29.4 Å². The number of carbonyl (C=O) groups is 1. The Labute approximate surface area is 163 Å². The third kappa shape index (κ3) is 2.73. The molecular weight excluding hydrogens is 358 g/mol. The predicted molar refractivity (Wildman–Crippen MR) is 110 cm³/mol. The van der Waals surface area contributed by atoms with Crippen LogP contribution < -0.4 is 14.4 Å². The number of thioether (sulfide) groups is 1. The minimum absolute atomic E-state index is 0.0769. The molecule has 0 radical (unpaired) electrons. The summed E-state index contributed by atoms with van der Waals surface area (Å²) >= 11 is 1.58. The molecule has 1 unspecified atom stereocenters. The quantitative estimate of drug-likeness (QED) is 0.778. The summed E-state index contributed by atoms with van der Waals surface area (Å²) < 4.78 is 10.2. The lowest BCUT2D eigenvalue weighted by Crippen LogP contribution is -2.35. The number of fused-ring (bicyclic) bond motifs is 2. The molecule has 0 saturated carbocycles. The highest BCUT2D eigenvalue weighted by molar-refractivity contribution is 8.05. The largest absolute Gasteiger partial charge is 0.493 e. The Bertz CT molecular complexity index is 952. The minimum atomic E-state index is -0.745. The number of allylic oxidation sites excluding steroid dienone is 1. The predicted octanol–water partition coefficient (Wildman–Crippen LogP) is 4.61. The molecule has 0 fully saturated rings. The first-order valence-corrected chi connectivity index (χ1v) is 9.68. The molecule has 4 nitrogen and oxygen atoms in total. The fourth-order valence-electron chi connectivity index (χ4n) is 3.63. The van der Waals surface area contributed by atoms with E-state index < -0.39 is 4.75 Å². The van der Waals surface area contributed by atoms with Gasteiger partial charge in [-0.1, -0.05) is 54.2 Å². The Balaban J connectivity index is 1.80. The number of methoxy groups -OCH3 is 2. The molecule has 2 aliphatic rings. The van der Waals surface area contributed by atoms with E-state index in [9.17, 15) is 4.79 Å². The molecule has 1 amide bonds. The molecule has 0 saturated heterocycles. The summed E-state index contributed by atoms with van der Waals surface area (Å²) in [5, 5.41) is 0. The number of rotatable bonds is 4. The zero-order valence-electron chi connectivity index (χ0n) is 15.6. The van der Waals surface area contributed by atoms with Gasteiger partial charge in [-0.05, 0) is 24.6 Å². The molecule has 2 aromatic rings. The molecule has 27 heavy (non-hydrogen) atoms. The minimum Gasteiger partial charge on any atom is -0.493 e. The van der Waals surface area contributed by atoms with Gasteiger partial charge in [-0.3, -0.25) is 4.79 Å². The van der Waals surface area contributed by atoms with Crippen LogP contribution in [0.2, 0.25) is 0 Å². The van der Waals surface area contributed by atoms with Crippen LogP contribution in [0.5, 0.6) is 11.5 Å². The van der Waals surface area contributed by atoms with Crippen molar-refractivity contribution in [1.29, 1.82) is 0 Å². The van der Waals surface area contributed by atoms with E-state index in [1.807, 2.05) is 54.3 Å². The number of anilines is 1. The van der Waals surface area contributed by atoms with Gasteiger partial charge in [-0.15, -0.1) is 0 Å². The van der Waals surface area contributed by atoms with Gasteiger partial charge in [-0.2, -0.15) is 0 Å². The van der Waals surface area contributed by atoms with Crippen molar-refractivity contribution in [2.24, 2.45) is 0 Å². The van der Waals surface area contributed by atoms with E-state index in [1.165, 1.54) is 0 Å². The van der Waals surface area contributed by atoms with E-state index in [-0.39, 0.29) is 5.91 Å². The van der Waals surface area contributed by atoms with Gasteiger partial charge in [0.05, 0.1) is 19.9 Å². The number of hydrogen-bond donors (Lipinski definition) is 0. The van der Waals surface area contributed by atoms with Crippen LogP contribution in [-0.2, 0) is 9.54 Å². The van der Waals surface area contributed by atoms with Crippen LogP contribution in [-0.4, -0.2) is 26.7 Å². The van der Waals surface area contributed by atoms with Crippen molar-refractivity contribution in [3.05, 3.63) is 70.6 Å². The number of nitrogens with zero attached hydrogens (tertiary/aromatic N) is 1. The van der Waals surface area contributed by atoms with Crippen molar-refractivity contribution in [2.45, 2.75) is 11.7 Å². The summed E-state index contributed by atoms with van der Waals surface area (Å²) in [5.74, 6) is 1.34.